The molecule has 0 saturated carbocycles. The minimum absolute atomic E-state index is 0. The molecular weight excluding hydrogens is 229 g/mol. The highest BCUT2D eigenvalue weighted by Gasteiger charge is 2.16. The van der Waals surface area contributed by atoms with Crippen molar-refractivity contribution in [1.29, 1.82) is 0 Å². The highest BCUT2D eigenvalue weighted by molar-refractivity contribution is 5.85. The van der Waals surface area contributed by atoms with Gasteiger partial charge >= 0.3 is 0 Å². The van der Waals surface area contributed by atoms with E-state index in [-0.39, 0.29) is 18.2 Å². The Morgan fingerprint density at radius 1 is 1.44 bits per heavy atom. The Morgan fingerprint density at radius 2 is 2.25 bits per heavy atom. The minimum atomic E-state index is -0.287. The van der Waals surface area contributed by atoms with Crippen LogP contribution in [0.5, 0.6) is 5.75 Å². The Hall–Kier alpha value is -0.800. The summed E-state index contributed by atoms with van der Waals surface area (Å²) in [6.07, 6.45) is 2.35. The molecule has 0 bridgehead atoms. The van der Waals surface area contributed by atoms with E-state index in [2.05, 4.69) is 5.32 Å². The summed E-state index contributed by atoms with van der Waals surface area (Å²) >= 11 is 0. The van der Waals surface area contributed by atoms with Gasteiger partial charge in [-0.15, -0.1) is 12.4 Å². The quantitative estimate of drug-likeness (QED) is 0.865. The van der Waals surface area contributed by atoms with Crippen molar-refractivity contribution >= 4 is 12.4 Å². The van der Waals surface area contributed by atoms with E-state index in [0.717, 1.165) is 13.1 Å². The van der Waals surface area contributed by atoms with Gasteiger partial charge in [0.05, 0.1) is 7.11 Å². The van der Waals surface area contributed by atoms with Crippen LogP contribution in [0.1, 0.15) is 24.3 Å². The van der Waals surface area contributed by atoms with Crippen LogP contribution in [0.3, 0.4) is 0 Å². The van der Waals surface area contributed by atoms with Crippen LogP contribution in [0.4, 0.5) is 4.39 Å². The molecule has 0 aromatic heterocycles. The third kappa shape index (κ3) is 2.86. The second kappa shape index (κ2) is 6.06. The van der Waals surface area contributed by atoms with Crippen LogP contribution in [0.15, 0.2) is 18.2 Å². The molecule has 90 valence electrons. The summed E-state index contributed by atoms with van der Waals surface area (Å²) in [5.74, 6) is 0.552. The largest absolute Gasteiger partial charge is 0.494 e. The highest BCUT2D eigenvalue weighted by Crippen LogP contribution is 2.27. The second-order valence-electron chi connectivity index (χ2n) is 3.94. The predicted octanol–water partition coefficient (Wildman–Crippen LogP) is 2.72. The van der Waals surface area contributed by atoms with Gasteiger partial charge < -0.3 is 10.1 Å². The number of hydrogen-bond donors (Lipinski definition) is 1. The number of halogens is 2. The molecule has 0 spiro atoms. The van der Waals surface area contributed by atoms with Gasteiger partial charge in [-0.25, -0.2) is 4.39 Å². The van der Waals surface area contributed by atoms with E-state index < -0.39 is 0 Å². The van der Waals surface area contributed by atoms with Gasteiger partial charge in [0.15, 0.2) is 11.6 Å². The minimum Gasteiger partial charge on any atom is -0.494 e. The van der Waals surface area contributed by atoms with Gasteiger partial charge in [-0.3, -0.25) is 0 Å². The molecule has 4 heteroatoms. The molecule has 16 heavy (non-hydrogen) atoms. The van der Waals surface area contributed by atoms with E-state index >= 15 is 0 Å². The fraction of sp³-hybridized carbons (Fsp3) is 0.500. The summed E-state index contributed by atoms with van der Waals surface area (Å²) < 4.78 is 18.2. The van der Waals surface area contributed by atoms with Gasteiger partial charge in [-0.05, 0) is 43.0 Å². The summed E-state index contributed by atoms with van der Waals surface area (Å²) in [5.41, 5.74) is 1.17. The molecule has 1 aromatic rings. The van der Waals surface area contributed by atoms with Gasteiger partial charge in [-0.1, -0.05) is 6.07 Å². The fourth-order valence-electron chi connectivity index (χ4n) is 2.07. The third-order valence-electron chi connectivity index (χ3n) is 2.94. The average Bonchev–Trinajstić information content (AvgIpc) is 2.31. The summed E-state index contributed by atoms with van der Waals surface area (Å²) in [7, 11) is 1.50. The van der Waals surface area contributed by atoms with E-state index in [1.54, 1.807) is 0 Å². The molecule has 1 unspecified atom stereocenters. The Bertz CT molecular complexity index is 340. The first-order valence-corrected chi connectivity index (χ1v) is 5.35. The van der Waals surface area contributed by atoms with Crippen LogP contribution in [-0.2, 0) is 0 Å². The zero-order chi connectivity index (χ0) is 10.7. The van der Waals surface area contributed by atoms with Gasteiger partial charge in [0.25, 0.3) is 0 Å². The van der Waals surface area contributed by atoms with Crippen molar-refractivity contribution in [3.63, 3.8) is 0 Å². The first kappa shape index (κ1) is 13.3. The number of piperidine rings is 1. The Morgan fingerprint density at radius 3 is 2.88 bits per heavy atom. The van der Waals surface area contributed by atoms with E-state index in [1.165, 1.54) is 31.6 Å². The van der Waals surface area contributed by atoms with Gasteiger partial charge in [-0.2, -0.15) is 0 Å². The maximum absolute atomic E-state index is 13.2. The molecule has 1 heterocycles. The van der Waals surface area contributed by atoms with Crippen LogP contribution in [-0.4, -0.2) is 20.2 Å². The monoisotopic (exact) mass is 245 g/mol. The van der Waals surface area contributed by atoms with Crippen LogP contribution in [0.2, 0.25) is 0 Å². The Labute approximate surface area is 102 Å². The smallest absolute Gasteiger partial charge is 0.165 e. The van der Waals surface area contributed by atoms with Gasteiger partial charge in [0.2, 0.25) is 0 Å². The normalized spacial score (nSPS) is 20.0. The molecule has 0 amide bonds. The summed E-state index contributed by atoms with van der Waals surface area (Å²) in [6.45, 7) is 2.07. The molecule has 2 rings (SSSR count). The number of benzene rings is 1. The zero-order valence-electron chi connectivity index (χ0n) is 9.33. The SMILES string of the molecule is COc1cc(C2CCCNC2)ccc1F.Cl. The lowest BCUT2D eigenvalue weighted by molar-refractivity contribution is 0.384. The van der Waals surface area contributed by atoms with Crippen molar-refractivity contribution in [2.45, 2.75) is 18.8 Å². The maximum Gasteiger partial charge on any atom is 0.165 e. The van der Waals surface area contributed by atoms with E-state index in [4.69, 9.17) is 4.74 Å². The molecule has 1 aliphatic heterocycles. The lowest BCUT2D eigenvalue weighted by Crippen LogP contribution is -2.28. The van der Waals surface area contributed by atoms with Gasteiger partial charge in [0, 0.05) is 6.54 Å². The molecule has 1 aliphatic rings. The van der Waals surface area contributed by atoms with Crippen LogP contribution < -0.4 is 10.1 Å². The summed E-state index contributed by atoms with van der Waals surface area (Å²) in [6, 6.07) is 5.16. The molecule has 2 nitrogen and oxygen atoms in total. The first-order valence-electron chi connectivity index (χ1n) is 5.35. The number of rotatable bonds is 2. The lowest BCUT2D eigenvalue weighted by Gasteiger charge is -2.23. The van der Waals surface area contributed by atoms with Gasteiger partial charge in [0.1, 0.15) is 0 Å². The Kier molecular flexibility index (Phi) is 5.03. The molecule has 1 N–H and O–H groups in total. The van der Waals surface area contributed by atoms with Crippen LogP contribution in [0.25, 0.3) is 0 Å². The standard InChI is InChI=1S/C12H16FNO.ClH/c1-15-12-7-9(4-5-11(12)13)10-3-2-6-14-8-10;/h4-5,7,10,14H,2-3,6,8H2,1H3;1H. The lowest BCUT2D eigenvalue weighted by atomic mass is 9.91. The highest BCUT2D eigenvalue weighted by atomic mass is 35.5. The van der Waals surface area contributed by atoms with Crippen molar-refractivity contribution in [2.75, 3.05) is 20.2 Å². The van der Waals surface area contributed by atoms with E-state index in [9.17, 15) is 4.39 Å². The third-order valence-corrected chi connectivity index (χ3v) is 2.94. The number of hydrogen-bond acceptors (Lipinski definition) is 2. The molecule has 1 saturated heterocycles. The molecule has 1 atom stereocenters. The number of nitrogens with one attached hydrogen (secondary N) is 1. The molecule has 1 aromatic carbocycles. The number of ether oxygens (including phenoxy) is 1. The van der Waals surface area contributed by atoms with Crippen LogP contribution in [0, 0.1) is 5.82 Å². The second-order valence-corrected chi connectivity index (χ2v) is 3.94. The van der Waals surface area contributed by atoms with Crippen molar-refractivity contribution in [3.05, 3.63) is 29.6 Å². The maximum atomic E-state index is 13.2. The van der Waals surface area contributed by atoms with Crippen molar-refractivity contribution in [2.24, 2.45) is 0 Å². The zero-order valence-corrected chi connectivity index (χ0v) is 10.1. The summed E-state index contributed by atoms with van der Waals surface area (Å²) in [4.78, 5) is 0. The molecular formula is C12H17ClFNO. The molecule has 1 fully saturated rings. The first-order chi connectivity index (χ1) is 7.31. The van der Waals surface area contributed by atoms with Crippen molar-refractivity contribution in [1.82, 2.24) is 5.32 Å². The molecule has 0 radical (unpaired) electrons. The Balaban J connectivity index is 0.00000128. The summed E-state index contributed by atoms with van der Waals surface area (Å²) in [5, 5.41) is 3.35. The van der Waals surface area contributed by atoms with E-state index in [1.807, 2.05) is 12.1 Å². The van der Waals surface area contributed by atoms with Crippen molar-refractivity contribution in [3.8, 4) is 5.75 Å². The topological polar surface area (TPSA) is 21.3 Å². The predicted molar refractivity (Wildman–Crippen MR) is 65.0 cm³/mol. The number of methoxy groups -OCH3 is 1. The average molecular weight is 246 g/mol. The van der Waals surface area contributed by atoms with Crippen LogP contribution >= 0.6 is 12.4 Å². The van der Waals surface area contributed by atoms with E-state index in [0.29, 0.717) is 11.7 Å². The fourth-order valence-corrected chi connectivity index (χ4v) is 2.07. The molecule has 0 aliphatic carbocycles. The van der Waals surface area contributed by atoms with Crippen molar-refractivity contribution < 1.29 is 9.13 Å².